The summed E-state index contributed by atoms with van der Waals surface area (Å²) in [6.45, 7) is 1.93. The lowest BCUT2D eigenvalue weighted by molar-refractivity contribution is 0.650. The Kier molecular flexibility index (Phi) is 5.38. The fourth-order valence-corrected chi connectivity index (χ4v) is 5.92. The highest BCUT2D eigenvalue weighted by molar-refractivity contribution is 8.19. The Morgan fingerprint density at radius 3 is 2.88 bits per heavy atom. The minimum Gasteiger partial charge on any atom is -0.140 e. The highest BCUT2D eigenvalue weighted by Gasteiger charge is 2.33. The van der Waals surface area contributed by atoms with Crippen LogP contribution in [0.15, 0.2) is 11.6 Å². The third-order valence-corrected chi connectivity index (χ3v) is 6.72. The smallest absolute Gasteiger partial charge is 0.0794 e. The van der Waals surface area contributed by atoms with Crippen molar-refractivity contribution in [1.82, 2.24) is 0 Å². The predicted molar refractivity (Wildman–Crippen MR) is 81.5 cm³/mol. The van der Waals surface area contributed by atoms with Crippen LogP contribution >= 0.6 is 23.5 Å². The molecule has 17 heavy (non-hydrogen) atoms. The van der Waals surface area contributed by atoms with Gasteiger partial charge in [-0.3, -0.25) is 0 Å². The SMILES string of the molecule is CC#CCCCC1=CC2(CCC1)SCCCS2. The molecular formula is C15H22S2. The van der Waals surface area contributed by atoms with Gasteiger partial charge in [0.2, 0.25) is 0 Å². The Morgan fingerprint density at radius 2 is 2.12 bits per heavy atom. The number of thioether (sulfide) groups is 2. The van der Waals surface area contributed by atoms with Gasteiger partial charge in [0.05, 0.1) is 4.08 Å². The van der Waals surface area contributed by atoms with Gasteiger partial charge in [-0.05, 0) is 57.0 Å². The second-order valence-corrected chi connectivity index (χ2v) is 7.91. The normalized spacial score (nSPS) is 22.8. The van der Waals surface area contributed by atoms with Crippen LogP contribution in [-0.4, -0.2) is 15.6 Å². The summed E-state index contributed by atoms with van der Waals surface area (Å²) in [5.74, 6) is 8.87. The molecule has 1 aliphatic heterocycles. The van der Waals surface area contributed by atoms with Gasteiger partial charge in [0.1, 0.15) is 0 Å². The highest BCUT2D eigenvalue weighted by atomic mass is 32.2. The molecule has 2 heteroatoms. The number of hydrogen-bond acceptors (Lipinski definition) is 2. The average molecular weight is 266 g/mol. The zero-order chi connectivity index (χ0) is 12.0. The summed E-state index contributed by atoms with van der Waals surface area (Å²) in [5.41, 5.74) is 1.70. The van der Waals surface area contributed by atoms with Crippen molar-refractivity contribution < 1.29 is 0 Å². The summed E-state index contributed by atoms with van der Waals surface area (Å²) in [6.07, 6.45) is 11.7. The van der Waals surface area contributed by atoms with Crippen molar-refractivity contribution >= 4 is 23.5 Å². The molecule has 1 fully saturated rings. The second-order valence-electron chi connectivity index (χ2n) is 4.80. The van der Waals surface area contributed by atoms with E-state index in [1.54, 1.807) is 5.57 Å². The first kappa shape index (κ1) is 13.4. The molecule has 0 radical (unpaired) electrons. The Bertz CT molecular complexity index is 327. The van der Waals surface area contributed by atoms with E-state index in [2.05, 4.69) is 41.4 Å². The summed E-state index contributed by atoms with van der Waals surface area (Å²) in [7, 11) is 0. The van der Waals surface area contributed by atoms with Crippen LogP contribution in [0.4, 0.5) is 0 Å². The van der Waals surface area contributed by atoms with E-state index in [-0.39, 0.29) is 0 Å². The van der Waals surface area contributed by atoms with E-state index in [1.807, 2.05) is 6.92 Å². The zero-order valence-corrected chi connectivity index (χ0v) is 12.4. The molecule has 0 N–H and O–H groups in total. The van der Waals surface area contributed by atoms with Crippen LogP contribution in [0, 0.1) is 11.8 Å². The Labute approximate surface area is 114 Å². The van der Waals surface area contributed by atoms with Gasteiger partial charge >= 0.3 is 0 Å². The van der Waals surface area contributed by atoms with Gasteiger partial charge in [0.25, 0.3) is 0 Å². The average Bonchev–Trinajstić information content (AvgIpc) is 2.36. The summed E-state index contributed by atoms with van der Waals surface area (Å²) in [6, 6.07) is 0. The Balaban J connectivity index is 1.89. The maximum absolute atomic E-state index is 3.17. The third kappa shape index (κ3) is 4.00. The molecule has 2 aliphatic rings. The van der Waals surface area contributed by atoms with Crippen molar-refractivity contribution in [3.8, 4) is 11.8 Å². The van der Waals surface area contributed by atoms with E-state index < -0.39 is 0 Å². The molecule has 94 valence electrons. The van der Waals surface area contributed by atoms with Crippen LogP contribution in [0.25, 0.3) is 0 Å². The van der Waals surface area contributed by atoms with E-state index in [1.165, 1.54) is 50.0 Å². The number of allylic oxidation sites excluding steroid dienone is 1. The molecule has 0 nitrogen and oxygen atoms in total. The van der Waals surface area contributed by atoms with Crippen LogP contribution in [-0.2, 0) is 0 Å². The molecule has 1 saturated heterocycles. The molecule has 1 spiro atoms. The molecule has 1 aliphatic carbocycles. The summed E-state index contributed by atoms with van der Waals surface area (Å²) in [5, 5.41) is 0. The topological polar surface area (TPSA) is 0 Å². The van der Waals surface area contributed by atoms with E-state index in [4.69, 9.17) is 0 Å². The number of hydrogen-bond donors (Lipinski definition) is 0. The molecule has 0 aromatic heterocycles. The summed E-state index contributed by atoms with van der Waals surface area (Å²) < 4.78 is 0.461. The van der Waals surface area contributed by atoms with Crippen molar-refractivity contribution in [3.63, 3.8) is 0 Å². The highest BCUT2D eigenvalue weighted by Crippen LogP contribution is 2.50. The molecule has 0 bridgehead atoms. The lowest BCUT2D eigenvalue weighted by Crippen LogP contribution is -2.25. The molecule has 0 unspecified atom stereocenters. The Morgan fingerprint density at radius 1 is 1.29 bits per heavy atom. The van der Waals surface area contributed by atoms with Crippen molar-refractivity contribution in [2.24, 2.45) is 0 Å². The molecule has 1 heterocycles. The number of rotatable bonds is 3. The van der Waals surface area contributed by atoms with Crippen LogP contribution < -0.4 is 0 Å². The third-order valence-electron chi connectivity index (χ3n) is 3.41. The van der Waals surface area contributed by atoms with Gasteiger partial charge in [-0.25, -0.2) is 0 Å². The van der Waals surface area contributed by atoms with Gasteiger partial charge in [-0.15, -0.1) is 35.4 Å². The van der Waals surface area contributed by atoms with E-state index in [9.17, 15) is 0 Å². The maximum atomic E-state index is 3.17. The van der Waals surface area contributed by atoms with Crippen molar-refractivity contribution in [2.45, 2.75) is 55.9 Å². The minimum absolute atomic E-state index is 0.461. The summed E-state index contributed by atoms with van der Waals surface area (Å²) in [4.78, 5) is 0. The van der Waals surface area contributed by atoms with E-state index in [0.717, 1.165) is 6.42 Å². The van der Waals surface area contributed by atoms with Crippen LogP contribution in [0.3, 0.4) is 0 Å². The molecule has 0 atom stereocenters. The molecule has 0 aromatic rings. The summed E-state index contributed by atoms with van der Waals surface area (Å²) >= 11 is 4.39. The fourth-order valence-electron chi connectivity index (χ4n) is 2.56. The molecule has 2 rings (SSSR count). The number of unbranched alkanes of at least 4 members (excludes halogenated alkanes) is 1. The lowest BCUT2D eigenvalue weighted by atomic mass is 9.95. The van der Waals surface area contributed by atoms with Crippen molar-refractivity contribution in [3.05, 3.63) is 11.6 Å². The Hall–Kier alpha value is -0.000000000000000111. The standard InChI is InChI=1S/C15H22S2/c1-2-3-4-5-8-14-9-6-10-15(13-14)16-11-7-12-17-15/h13H,4-12H2,1H3. The molecule has 0 aromatic carbocycles. The van der Waals surface area contributed by atoms with E-state index >= 15 is 0 Å². The monoisotopic (exact) mass is 266 g/mol. The van der Waals surface area contributed by atoms with Crippen LogP contribution in [0.5, 0.6) is 0 Å². The van der Waals surface area contributed by atoms with Crippen LogP contribution in [0.1, 0.15) is 51.9 Å². The van der Waals surface area contributed by atoms with Crippen molar-refractivity contribution in [1.29, 1.82) is 0 Å². The zero-order valence-electron chi connectivity index (χ0n) is 10.8. The lowest BCUT2D eigenvalue weighted by Gasteiger charge is -2.37. The largest absolute Gasteiger partial charge is 0.140 e. The van der Waals surface area contributed by atoms with Gasteiger partial charge < -0.3 is 0 Å². The minimum atomic E-state index is 0.461. The molecule has 0 amide bonds. The second kappa shape index (κ2) is 6.81. The van der Waals surface area contributed by atoms with Gasteiger partial charge in [-0.2, -0.15) is 0 Å². The van der Waals surface area contributed by atoms with Gasteiger partial charge in [0.15, 0.2) is 0 Å². The fraction of sp³-hybridized carbons (Fsp3) is 0.733. The molecular weight excluding hydrogens is 244 g/mol. The van der Waals surface area contributed by atoms with Crippen molar-refractivity contribution in [2.75, 3.05) is 11.5 Å². The first-order valence-electron chi connectivity index (χ1n) is 6.73. The maximum Gasteiger partial charge on any atom is 0.0794 e. The van der Waals surface area contributed by atoms with Gasteiger partial charge in [-0.1, -0.05) is 11.6 Å². The van der Waals surface area contributed by atoms with Crippen LogP contribution in [0.2, 0.25) is 0 Å². The first-order valence-corrected chi connectivity index (χ1v) is 8.70. The van der Waals surface area contributed by atoms with E-state index in [0.29, 0.717) is 4.08 Å². The first-order chi connectivity index (χ1) is 8.35. The quantitative estimate of drug-likeness (QED) is 0.406. The predicted octanol–water partition coefficient (Wildman–Crippen LogP) is 4.86. The molecule has 0 saturated carbocycles. The van der Waals surface area contributed by atoms with Gasteiger partial charge in [0, 0.05) is 6.42 Å².